The summed E-state index contributed by atoms with van der Waals surface area (Å²) in [6.45, 7) is 1.74. The van der Waals surface area contributed by atoms with Gasteiger partial charge in [-0.25, -0.2) is 0 Å². The third-order valence-corrected chi connectivity index (χ3v) is 4.76. The van der Waals surface area contributed by atoms with Crippen molar-refractivity contribution in [3.8, 4) is 0 Å². The van der Waals surface area contributed by atoms with Crippen LogP contribution in [0.15, 0.2) is 90.6 Å². The van der Waals surface area contributed by atoms with Crippen molar-refractivity contribution >= 4 is 17.9 Å². The first-order valence-corrected chi connectivity index (χ1v) is 10.2. The Morgan fingerprint density at radius 3 is 2.26 bits per heavy atom. The van der Waals surface area contributed by atoms with Crippen LogP contribution in [-0.2, 0) is 11.2 Å². The van der Waals surface area contributed by atoms with Gasteiger partial charge < -0.3 is 15.7 Å². The molecule has 0 aliphatic rings. The molecule has 3 rings (SSSR count). The van der Waals surface area contributed by atoms with E-state index < -0.39 is 11.9 Å². The smallest absolute Gasteiger partial charge is 0.268 e. The highest BCUT2D eigenvalue weighted by molar-refractivity contribution is 6.05. The number of rotatable bonds is 8. The van der Waals surface area contributed by atoms with Crippen molar-refractivity contribution < 1.29 is 14.7 Å². The monoisotopic (exact) mass is 414 g/mol. The van der Waals surface area contributed by atoms with Crippen molar-refractivity contribution in [1.82, 2.24) is 10.6 Å². The van der Waals surface area contributed by atoms with Crippen LogP contribution in [0.1, 0.15) is 27.0 Å². The van der Waals surface area contributed by atoms with Gasteiger partial charge in [0.05, 0.1) is 12.6 Å². The molecule has 5 nitrogen and oxygen atoms in total. The SMILES string of the molecule is Cc1cccc(/C=C(/NC(=O)c2ccccc2)C(=O)N[C@H](CO)Cc2ccccc2)c1. The largest absolute Gasteiger partial charge is 0.394 e. The van der Waals surface area contributed by atoms with Crippen LogP contribution in [0.2, 0.25) is 0 Å². The summed E-state index contributed by atoms with van der Waals surface area (Å²) in [5.74, 6) is -0.834. The second-order valence-corrected chi connectivity index (χ2v) is 7.33. The number of aryl methyl sites for hydroxylation is 1. The van der Waals surface area contributed by atoms with E-state index in [1.165, 1.54) is 0 Å². The Morgan fingerprint density at radius 2 is 1.61 bits per heavy atom. The quantitative estimate of drug-likeness (QED) is 0.494. The van der Waals surface area contributed by atoms with Crippen molar-refractivity contribution in [2.24, 2.45) is 0 Å². The average molecular weight is 415 g/mol. The minimum Gasteiger partial charge on any atom is -0.394 e. The summed E-state index contributed by atoms with van der Waals surface area (Å²) in [4.78, 5) is 25.7. The maximum Gasteiger partial charge on any atom is 0.268 e. The molecule has 5 heteroatoms. The number of hydrogen-bond acceptors (Lipinski definition) is 3. The van der Waals surface area contributed by atoms with Crippen LogP contribution < -0.4 is 10.6 Å². The van der Waals surface area contributed by atoms with E-state index >= 15 is 0 Å². The summed E-state index contributed by atoms with van der Waals surface area (Å²) < 4.78 is 0. The number of aliphatic hydroxyl groups excluding tert-OH is 1. The molecular weight excluding hydrogens is 388 g/mol. The molecule has 3 aromatic rings. The Balaban J connectivity index is 1.82. The molecule has 0 fully saturated rings. The number of amides is 2. The third kappa shape index (κ3) is 6.66. The van der Waals surface area contributed by atoms with E-state index in [2.05, 4.69) is 10.6 Å². The maximum atomic E-state index is 13.1. The van der Waals surface area contributed by atoms with Gasteiger partial charge in [0, 0.05) is 5.56 Å². The molecule has 31 heavy (non-hydrogen) atoms. The molecule has 0 heterocycles. The van der Waals surface area contributed by atoms with Crippen LogP contribution in [0.4, 0.5) is 0 Å². The molecule has 3 aromatic carbocycles. The van der Waals surface area contributed by atoms with Crippen LogP contribution in [-0.4, -0.2) is 29.6 Å². The topological polar surface area (TPSA) is 78.4 Å². The molecule has 0 bridgehead atoms. The molecule has 0 spiro atoms. The maximum absolute atomic E-state index is 13.1. The fourth-order valence-corrected chi connectivity index (χ4v) is 3.19. The van der Waals surface area contributed by atoms with E-state index in [0.29, 0.717) is 12.0 Å². The average Bonchev–Trinajstić information content (AvgIpc) is 2.79. The van der Waals surface area contributed by atoms with Crippen LogP contribution in [0, 0.1) is 6.92 Å². The first-order chi connectivity index (χ1) is 15.0. The first-order valence-electron chi connectivity index (χ1n) is 10.2. The Morgan fingerprint density at radius 1 is 0.935 bits per heavy atom. The molecular formula is C26H26N2O3. The zero-order valence-corrected chi connectivity index (χ0v) is 17.4. The van der Waals surface area contributed by atoms with Gasteiger partial charge in [0.2, 0.25) is 0 Å². The van der Waals surface area contributed by atoms with Gasteiger partial charge in [-0.3, -0.25) is 9.59 Å². The van der Waals surface area contributed by atoms with E-state index in [1.54, 1.807) is 30.3 Å². The summed E-state index contributed by atoms with van der Waals surface area (Å²) in [7, 11) is 0. The number of benzene rings is 3. The van der Waals surface area contributed by atoms with Crippen LogP contribution >= 0.6 is 0 Å². The molecule has 3 N–H and O–H groups in total. The van der Waals surface area contributed by atoms with E-state index in [0.717, 1.165) is 16.7 Å². The van der Waals surface area contributed by atoms with Gasteiger partial charge in [0.25, 0.3) is 11.8 Å². The summed E-state index contributed by atoms with van der Waals surface area (Å²) in [5, 5.41) is 15.3. The second kappa shape index (κ2) is 10.9. The predicted octanol–water partition coefficient (Wildman–Crippen LogP) is 3.49. The number of hydrogen-bond donors (Lipinski definition) is 3. The lowest BCUT2D eigenvalue weighted by Gasteiger charge is -2.18. The van der Waals surface area contributed by atoms with Crippen molar-refractivity contribution in [3.05, 3.63) is 113 Å². The normalized spacial score (nSPS) is 12.1. The summed E-state index contributed by atoms with van der Waals surface area (Å²) in [6.07, 6.45) is 2.12. The molecule has 0 aromatic heterocycles. The molecule has 0 radical (unpaired) electrons. The molecule has 158 valence electrons. The van der Waals surface area contributed by atoms with E-state index in [4.69, 9.17) is 0 Å². The van der Waals surface area contributed by atoms with Crippen LogP contribution in [0.3, 0.4) is 0 Å². The Bertz CT molecular complexity index is 1050. The highest BCUT2D eigenvalue weighted by atomic mass is 16.3. The standard InChI is InChI=1S/C26H26N2O3/c1-19-9-8-12-21(15-19)17-24(28-25(30)22-13-6-3-7-14-22)26(31)27-23(18-29)16-20-10-4-2-5-11-20/h2-15,17,23,29H,16,18H2,1H3,(H,27,31)(H,28,30)/b24-17+/t23-/m0/s1. The number of aliphatic hydroxyl groups is 1. The number of carbonyl (C=O) groups excluding carboxylic acids is 2. The van der Waals surface area contributed by atoms with Crippen LogP contribution in [0.5, 0.6) is 0 Å². The Kier molecular flexibility index (Phi) is 7.73. The van der Waals surface area contributed by atoms with Gasteiger partial charge in [-0.05, 0) is 42.7 Å². The van der Waals surface area contributed by atoms with Crippen molar-refractivity contribution in [1.29, 1.82) is 0 Å². The lowest BCUT2D eigenvalue weighted by atomic mass is 10.1. The number of nitrogens with one attached hydrogen (secondary N) is 2. The zero-order valence-electron chi connectivity index (χ0n) is 17.4. The highest BCUT2D eigenvalue weighted by Gasteiger charge is 2.18. The third-order valence-electron chi connectivity index (χ3n) is 4.76. The fraction of sp³-hybridized carbons (Fsp3) is 0.154. The molecule has 1 atom stereocenters. The lowest BCUT2D eigenvalue weighted by Crippen LogP contribution is -2.43. The summed E-state index contributed by atoms with van der Waals surface area (Å²) in [5.41, 5.74) is 3.40. The molecule has 0 saturated carbocycles. The van der Waals surface area contributed by atoms with Gasteiger partial charge >= 0.3 is 0 Å². The Labute approximate surface area is 182 Å². The molecule has 2 amide bonds. The Hall–Kier alpha value is -3.70. The predicted molar refractivity (Wildman–Crippen MR) is 122 cm³/mol. The minimum atomic E-state index is -0.482. The first kappa shape index (κ1) is 22.0. The van der Waals surface area contributed by atoms with E-state index in [9.17, 15) is 14.7 Å². The van der Waals surface area contributed by atoms with E-state index in [-0.39, 0.29) is 18.2 Å². The summed E-state index contributed by atoms with van der Waals surface area (Å²) in [6, 6.07) is 25.5. The molecule has 0 aliphatic heterocycles. The van der Waals surface area contributed by atoms with Gasteiger partial charge in [-0.2, -0.15) is 0 Å². The summed E-state index contributed by atoms with van der Waals surface area (Å²) >= 11 is 0. The molecule has 0 unspecified atom stereocenters. The van der Waals surface area contributed by atoms with Crippen molar-refractivity contribution in [2.45, 2.75) is 19.4 Å². The molecule has 0 saturated heterocycles. The zero-order chi connectivity index (χ0) is 22.1. The van der Waals surface area contributed by atoms with Crippen molar-refractivity contribution in [2.75, 3.05) is 6.61 Å². The number of carbonyl (C=O) groups is 2. The van der Waals surface area contributed by atoms with E-state index in [1.807, 2.05) is 67.6 Å². The van der Waals surface area contributed by atoms with Gasteiger partial charge in [-0.15, -0.1) is 0 Å². The highest BCUT2D eigenvalue weighted by Crippen LogP contribution is 2.11. The second-order valence-electron chi connectivity index (χ2n) is 7.33. The van der Waals surface area contributed by atoms with Gasteiger partial charge in [0.1, 0.15) is 5.70 Å². The minimum absolute atomic E-state index is 0.117. The van der Waals surface area contributed by atoms with Crippen LogP contribution in [0.25, 0.3) is 6.08 Å². The molecule has 0 aliphatic carbocycles. The van der Waals surface area contributed by atoms with Crippen molar-refractivity contribution in [3.63, 3.8) is 0 Å². The fourth-order valence-electron chi connectivity index (χ4n) is 3.19. The van der Waals surface area contributed by atoms with Gasteiger partial charge in [-0.1, -0.05) is 78.4 Å². The van der Waals surface area contributed by atoms with Gasteiger partial charge in [0.15, 0.2) is 0 Å². The lowest BCUT2D eigenvalue weighted by molar-refractivity contribution is -0.118.